The van der Waals surface area contributed by atoms with Crippen LogP contribution >= 0.6 is 0 Å². The second kappa shape index (κ2) is 9.77. The number of hydrogen-bond acceptors (Lipinski definition) is 5. The van der Waals surface area contributed by atoms with E-state index in [9.17, 15) is 17.8 Å². The monoisotopic (exact) mass is 478 g/mol. The van der Waals surface area contributed by atoms with Crippen LogP contribution in [0.4, 0.5) is 0 Å². The quantitative estimate of drug-likeness (QED) is 0.356. The van der Waals surface area contributed by atoms with Gasteiger partial charge in [-0.25, -0.2) is 8.42 Å². The van der Waals surface area contributed by atoms with Crippen molar-refractivity contribution >= 4 is 16.4 Å². The zero-order chi connectivity index (χ0) is 22.6. The molecule has 0 amide bonds. The first kappa shape index (κ1) is 26.9. The van der Waals surface area contributed by atoms with Gasteiger partial charge < -0.3 is 9.66 Å². The summed E-state index contributed by atoms with van der Waals surface area (Å²) in [5.74, 6) is 2.93. The first-order valence-corrected chi connectivity index (χ1v) is 13.6. The van der Waals surface area contributed by atoms with Gasteiger partial charge >= 0.3 is 35.5 Å². The van der Waals surface area contributed by atoms with Crippen LogP contribution in [0.2, 0.25) is 0 Å². The van der Waals surface area contributed by atoms with Gasteiger partial charge in [0.1, 0.15) is 0 Å². The molecule has 4 saturated carbocycles. The van der Waals surface area contributed by atoms with Crippen LogP contribution in [0.5, 0.6) is 0 Å². The molecule has 0 bridgehead atoms. The second-order valence-corrected chi connectivity index (χ2v) is 12.7. The second-order valence-electron chi connectivity index (χ2n) is 11.7. The number of carboxylic acid groups (broad SMARTS) is 1. The Hall–Kier alpha value is 0.340. The van der Waals surface area contributed by atoms with E-state index in [1.54, 1.807) is 0 Å². The van der Waals surface area contributed by atoms with Crippen molar-refractivity contribution in [1.82, 2.24) is 0 Å². The molecule has 1 unspecified atom stereocenters. The van der Waals surface area contributed by atoms with E-state index in [1.807, 2.05) is 0 Å². The molecule has 6 nitrogen and oxygen atoms in total. The van der Waals surface area contributed by atoms with Crippen LogP contribution in [0.25, 0.3) is 0 Å². The fourth-order valence-electron chi connectivity index (χ4n) is 9.00. The normalized spacial score (nSPS) is 44.5. The molecule has 0 aromatic heterocycles. The molecule has 178 valence electrons. The Morgan fingerprint density at radius 1 is 1.06 bits per heavy atom. The molecule has 4 aliphatic carbocycles. The van der Waals surface area contributed by atoms with E-state index >= 15 is 0 Å². The molecule has 0 saturated heterocycles. The maximum atomic E-state index is 11.1. The number of carbonyl (C=O) groups is 1. The van der Waals surface area contributed by atoms with Crippen LogP contribution in [0, 0.1) is 46.3 Å². The molecule has 0 aliphatic heterocycles. The van der Waals surface area contributed by atoms with Crippen molar-refractivity contribution in [3.63, 3.8) is 0 Å². The van der Waals surface area contributed by atoms with E-state index in [0.717, 1.165) is 31.1 Å². The molecule has 32 heavy (non-hydrogen) atoms. The van der Waals surface area contributed by atoms with Crippen LogP contribution in [-0.2, 0) is 19.4 Å². The van der Waals surface area contributed by atoms with Gasteiger partial charge in [-0.15, -0.1) is 0 Å². The van der Waals surface area contributed by atoms with Gasteiger partial charge in [-0.3, -0.25) is 8.98 Å². The molecular formula is C24H39NaO6S. The van der Waals surface area contributed by atoms with Gasteiger partial charge in [0, 0.05) is 6.42 Å². The molecule has 1 N–H and O–H groups in total. The third kappa shape index (κ3) is 4.99. The summed E-state index contributed by atoms with van der Waals surface area (Å²) in [7, 11) is -4.64. The van der Waals surface area contributed by atoms with Crippen molar-refractivity contribution in [3.8, 4) is 0 Å². The molecule has 4 fully saturated rings. The van der Waals surface area contributed by atoms with E-state index in [4.69, 9.17) is 9.29 Å². The number of carboxylic acids is 1. The van der Waals surface area contributed by atoms with Crippen molar-refractivity contribution in [3.05, 3.63) is 0 Å². The first-order chi connectivity index (χ1) is 14.4. The summed E-state index contributed by atoms with van der Waals surface area (Å²) in [6.07, 6.45) is 10.1. The van der Waals surface area contributed by atoms with Crippen molar-refractivity contribution in [1.29, 1.82) is 0 Å². The van der Waals surface area contributed by atoms with Crippen LogP contribution < -0.4 is 29.6 Å². The number of aliphatic carboxylic acids is 1. The predicted molar refractivity (Wildman–Crippen MR) is 116 cm³/mol. The molecular weight excluding hydrogens is 439 g/mol. The summed E-state index contributed by atoms with van der Waals surface area (Å²) in [5.41, 5.74) is 0.531. The molecule has 0 radical (unpaired) electrons. The third-order valence-corrected chi connectivity index (χ3v) is 11.0. The van der Waals surface area contributed by atoms with Crippen LogP contribution in [0.1, 0.15) is 91.4 Å². The predicted octanol–water partition coefficient (Wildman–Crippen LogP) is 2.00. The van der Waals surface area contributed by atoms with Gasteiger partial charge in [0.15, 0.2) is 0 Å². The Morgan fingerprint density at radius 3 is 2.38 bits per heavy atom. The largest absolute Gasteiger partial charge is 1.00 e. The van der Waals surface area contributed by atoms with E-state index in [0.29, 0.717) is 41.9 Å². The molecule has 4 rings (SSSR count). The summed E-state index contributed by atoms with van der Waals surface area (Å²) in [6.45, 7) is 7.17. The minimum atomic E-state index is -4.64. The zero-order valence-corrected chi connectivity index (χ0v) is 23.0. The Labute approximate surface area is 215 Å². The summed E-state index contributed by atoms with van der Waals surface area (Å²) >= 11 is 0. The topological polar surface area (TPSA) is 104 Å². The van der Waals surface area contributed by atoms with Gasteiger partial charge in [0.2, 0.25) is 10.4 Å². The average Bonchev–Trinajstić information content (AvgIpc) is 3.02. The van der Waals surface area contributed by atoms with Crippen molar-refractivity contribution in [2.45, 2.75) is 97.5 Å². The Balaban J connectivity index is 0.00000289. The fourth-order valence-corrected chi connectivity index (χ4v) is 9.51. The summed E-state index contributed by atoms with van der Waals surface area (Å²) in [5, 5.41) is 9.12. The van der Waals surface area contributed by atoms with Crippen LogP contribution in [0.3, 0.4) is 0 Å². The molecule has 0 aromatic rings. The molecule has 9 atom stereocenters. The van der Waals surface area contributed by atoms with E-state index in [-0.39, 0.29) is 41.4 Å². The maximum absolute atomic E-state index is 11.1. The fraction of sp³-hybridized carbons (Fsp3) is 0.958. The minimum absolute atomic E-state index is 0. The summed E-state index contributed by atoms with van der Waals surface area (Å²) in [6, 6.07) is 0. The van der Waals surface area contributed by atoms with Crippen LogP contribution in [-0.4, -0.2) is 30.2 Å². The van der Waals surface area contributed by atoms with Gasteiger partial charge in [0.05, 0.1) is 6.10 Å². The number of rotatable bonds is 6. The van der Waals surface area contributed by atoms with Crippen molar-refractivity contribution in [2.75, 3.05) is 0 Å². The van der Waals surface area contributed by atoms with E-state index < -0.39 is 22.5 Å². The maximum Gasteiger partial charge on any atom is 1.00 e. The molecule has 0 aromatic carbocycles. The molecule has 0 spiro atoms. The summed E-state index contributed by atoms with van der Waals surface area (Å²) < 4.78 is 38.1. The molecule has 8 heteroatoms. The number of hydrogen-bond donors (Lipinski definition) is 1. The van der Waals surface area contributed by atoms with Gasteiger partial charge in [0.25, 0.3) is 0 Å². The third-order valence-electron chi connectivity index (χ3n) is 10.4. The van der Waals surface area contributed by atoms with E-state index in [1.165, 1.54) is 32.1 Å². The smallest absolute Gasteiger partial charge is 0.726 e. The average molecular weight is 479 g/mol. The Morgan fingerprint density at radius 2 is 1.72 bits per heavy atom. The van der Waals surface area contributed by atoms with Crippen molar-refractivity contribution < 1.29 is 56.6 Å². The minimum Gasteiger partial charge on any atom is -0.726 e. The van der Waals surface area contributed by atoms with Crippen molar-refractivity contribution in [2.24, 2.45) is 46.3 Å². The van der Waals surface area contributed by atoms with Gasteiger partial charge in [-0.1, -0.05) is 20.8 Å². The van der Waals surface area contributed by atoms with Crippen LogP contribution in [0.15, 0.2) is 0 Å². The van der Waals surface area contributed by atoms with E-state index in [2.05, 4.69) is 20.8 Å². The SMILES string of the molecule is C[C@H](CCC(=O)O)[C@H]1CC[C@H]2[C@@H]3CCC4C[C@H](OS(=O)(=O)[O-])CC[C@]4(C)[C@H]3CC[C@]12C.[Na+]. The first-order valence-electron chi connectivity index (χ1n) is 12.3. The standard InChI is InChI=1S/C24H40O6S.Na/c1-15(4-9-22(25)26)19-7-8-20-18-6-5-16-14-17(30-31(27,28)29)10-12-23(16,2)21(18)11-13-24(19,20)3;/h15-21H,4-14H2,1-3H3,(H,25,26)(H,27,28,29);/q;+1/p-1/t15-,16?,17-,18+,19-,20+,21+,23+,24-;/m1./s1. The van der Waals surface area contributed by atoms with Gasteiger partial charge in [-0.2, -0.15) is 0 Å². The zero-order valence-electron chi connectivity index (χ0n) is 20.2. The molecule has 4 aliphatic rings. The summed E-state index contributed by atoms with van der Waals surface area (Å²) in [4.78, 5) is 11.1. The van der Waals surface area contributed by atoms with Gasteiger partial charge in [-0.05, 0) is 111 Å². The number of fused-ring (bicyclic) bond motifs is 5. The Kier molecular flexibility index (Phi) is 8.22. The Bertz CT molecular complexity index is 802. The molecule has 0 heterocycles.